The topological polar surface area (TPSA) is 108 Å². The van der Waals surface area contributed by atoms with Crippen LogP contribution in [0, 0.1) is 0 Å². The first-order valence-corrected chi connectivity index (χ1v) is 15.2. The number of allylic oxidation sites excluding steroid dienone is 2. The molecule has 236 valence electrons. The van der Waals surface area contributed by atoms with Gasteiger partial charge in [0.1, 0.15) is 0 Å². The number of methoxy groups -OCH3 is 4. The van der Waals surface area contributed by atoms with Crippen LogP contribution in [0.4, 0.5) is 0 Å². The number of ether oxygens (including phenoxy) is 5. The zero-order valence-corrected chi connectivity index (χ0v) is 26.5. The number of benzene rings is 3. The summed E-state index contributed by atoms with van der Waals surface area (Å²) in [7, 11) is 1.59. The predicted molar refractivity (Wildman–Crippen MR) is 171 cm³/mol. The molecule has 0 saturated carbocycles. The Morgan fingerprint density at radius 3 is 2.31 bits per heavy atom. The van der Waals surface area contributed by atoms with Crippen LogP contribution in [0.15, 0.2) is 97.6 Å². The highest BCUT2D eigenvalue weighted by Crippen LogP contribution is 2.54. The van der Waals surface area contributed by atoms with Crippen molar-refractivity contribution < 1.29 is 46.6 Å². The van der Waals surface area contributed by atoms with Gasteiger partial charge in [-0.25, -0.2) is 4.57 Å². The molecule has 11 heteroatoms. The number of phosphoric ester groups is 1. The molecule has 0 bridgehead atoms. The average Bonchev–Trinajstić information content (AvgIpc) is 3.23. The number of phosphoric acid groups is 1. The molecule has 0 N–H and O–H groups in total. The van der Waals surface area contributed by atoms with Crippen molar-refractivity contribution in [3.63, 3.8) is 0 Å². The molecular formula is C34H35O10P. The first-order valence-electron chi connectivity index (χ1n) is 13.7. The summed E-state index contributed by atoms with van der Waals surface area (Å²) in [5.74, 6) is 1.21. The lowest BCUT2D eigenvalue weighted by Crippen LogP contribution is -2.08. The standard InChI is InChI=1S/C34H35O10P/c1-7-8-12-23(2)20-42-45(36,43-21-24-13-10-9-11-14-24)44-30-17-25(15-16-29(30)37-3)27-18-26(35)22-41-32-28(27)19-31(38-4)33(39-5)34(32)40-6/h7-19H,1-2,20-22H2,3-6H3/b12-8-. The van der Waals surface area contributed by atoms with Gasteiger partial charge in [0.05, 0.1) is 41.7 Å². The van der Waals surface area contributed by atoms with E-state index in [0.717, 1.165) is 5.56 Å². The summed E-state index contributed by atoms with van der Waals surface area (Å²) in [6, 6.07) is 15.8. The Morgan fingerprint density at radius 2 is 1.64 bits per heavy atom. The number of rotatable bonds is 15. The zero-order chi connectivity index (χ0) is 32.4. The smallest absolute Gasteiger partial charge is 0.493 e. The molecule has 3 aromatic carbocycles. The van der Waals surface area contributed by atoms with Crippen LogP contribution in [-0.2, 0) is 25.0 Å². The summed E-state index contributed by atoms with van der Waals surface area (Å²) in [4.78, 5) is 12.9. The lowest BCUT2D eigenvalue weighted by molar-refractivity contribution is -0.116. The Bertz CT molecular complexity index is 1660. The summed E-state index contributed by atoms with van der Waals surface area (Å²) in [6.45, 7) is 7.11. The molecule has 3 aromatic rings. The van der Waals surface area contributed by atoms with Gasteiger partial charge >= 0.3 is 7.82 Å². The van der Waals surface area contributed by atoms with Crippen molar-refractivity contribution in [3.8, 4) is 34.5 Å². The van der Waals surface area contributed by atoms with Crippen LogP contribution in [0.5, 0.6) is 34.5 Å². The van der Waals surface area contributed by atoms with Crippen molar-refractivity contribution in [1.82, 2.24) is 0 Å². The minimum Gasteiger partial charge on any atom is -0.493 e. The van der Waals surface area contributed by atoms with Crippen molar-refractivity contribution in [1.29, 1.82) is 0 Å². The van der Waals surface area contributed by atoms with Crippen molar-refractivity contribution >= 4 is 19.2 Å². The molecule has 0 spiro atoms. The van der Waals surface area contributed by atoms with E-state index in [-0.39, 0.29) is 48.6 Å². The number of hydrogen-bond acceptors (Lipinski definition) is 10. The lowest BCUT2D eigenvalue weighted by atomic mass is 9.95. The fourth-order valence-electron chi connectivity index (χ4n) is 4.40. The molecule has 1 heterocycles. The van der Waals surface area contributed by atoms with Crippen LogP contribution in [0.1, 0.15) is 16.7 Å². The van der Waals surface area contributed by atoms with Gasteiger partial charge in [-0.1, -0.05) is 67.8 Å². The number of ketones is 1. The molecule has 10 nitrogen and oxygen atoms in total. The molecule has 1 atom stereocenters. The molecule has 4 rings (SSSR count). The van der Waals surface area contributed by atoms with Gasteiger partial charge in [-0.3, -0.25) is 13.8 Å². The zero-order valence-electron chi connectivity index (χ0n) is 25.6. The Balaban J connectivity index is 1.77. The van der Waals surface area contributed by atoms with Crippen LogP contribution in [-0.4, -0.2) is 47.4 Å². The Labute approximate surface area is 262 Å². The third kappa shape index (κ3) is 8.05. The minimum absolute atomic E-state index is 0.0474. The van der Waals surface area contributed by atoms with Gasteiger partial charge in [-0.2, -0.15) is 0 Å². The van der Waals surface area contributed by atoms with E-state index in [0.29, 0.717) is 33.8 Å². The van der Waals surface area contributed by atoms with Crippen molar-refractivity contribution in [2.24, 2.45) is 0 Å². The number of fused-ring (bicyclic) bond motifs is 1. The first kappa shape index (κ1) is 33.1. The molecule has 0 amide bonds. The highest BCUT2D eigenvalue weighted by Gasteiger charge is 2.32. The van der Waals surface area contributed by atoms with E-state index in [9.17, 15) is 9.36 Å². The van der Waals surface area contributed by atoms with Crippen LogP contribution in [0.25, 0.3) is 5.57 Å². The number of carbonyl (C=O) groups is 1. The molecule has 0 aromatic heterocycles. The van der Waals surface area contributed by atoms with Gasteiger partial charge < -0.3 is 28.2 Å². The van der Waals surface area contributed by atoms with Gasteiger partial charge in [0.15, 0.2) is 35.4 Å². The molecule has 1 unspecified atom stereocenters. The van der Waals surface area contributed by atoms with Crippen LogP contribution >= 0.6 is 7.82 Å². The average molecular weight is 635 g/mol. The maximum atomic E-state index is 14.1. The minimum atomic E-state index is -4.28. The van der Waals surface area contributed by atoms with Crippen LogP contribution in [0.3, 0.4) is 0 Å². The first-order chi connectivity index (χ1) is 21.7. The van der Waals surface area contributed by atoms with Crippen molar-refractivity contribution in [2.45, 2.75) is 6.61 Å². The molecule has 1 aliphatic heterocycles. The maximum absolute atomic E-state index is 14.1. The predicted octanol–water partition coefficient (Wildman–Crippen LogP) is 7.13. The Hall–Kier alpha value is -4.76. The molecule has 0 aliphatic carbocycles. The highest BCUT2D eigenvalue weighted by molar-refractivity contribution is 7.48. The van der Waals surface area contributed by atoms with Crippen LogP contribution in [0.2, 0.25) is 0 Å². The fourth-order valence-corrected chi connectivity index (χ4v) is 5.60. The van der Waals surface area contributed by atoms with Crippen molar-refractivity contribution in [2.75, 3.05) is 41.7 Å². The van der Waals surface area contributed by atoms with Crippen LogP contribution < -0.4 is 28.2 Å². The molecule has 45 heavy (non-hydrogen) atoms. The van der Waals surface area contributed by atoms with E-state index in [4.69, 9.17) is 37.3 Å². The molecule has 0 fully saturated rings. The van der Waals surface area contributed by atoms with E-state index < -0.39 is 7.82 Å². The monoisotopic (exact) mass is 634 g/mol. The van der Waals surface area contributed by atoms with E-state index in [1.54, 1.807) is 42.5 Å². The van der Waals surface area contributed by atoms with Gasteiger partial charge in [0.25, 0.3) is 0 Å². The Kier molecular flexibility index (Phi) is 11.3. The van der Waals surface area contributed by atoms with Crippen molar-refractivity contribution in [3.05, 3.63) is 114 Å². The SMILES string of the molecule is C=C/C=C\C(=C)COP(=O)(OCc1ccccc1)Oc1cc(C2=CC(=O)COc3c2cc(OC)c(OC)c3OC)ccc1OC. The number of carbonyl (C=O) groups excluding carboxylic acids is 1. The maximum Gasteiger partial charge on any atom is 0.530 e. The fraction of sp³-hybridized carbons (Fsp3) is 0.206. The molecular weight excluding hydrogens is 599 g/mol. The Morgan fingerprint density at radius 1 is 0.911 bits per heavy atom. The molecule has 0 radical (unpaired) electrons. The lowest BCUT2D eigenvalue weighted by Gasteiger charge is -2.22. The second-order valence-corrected chi connectivity index (χ2v) is 11.1. The second kappa shape index (κ2) is 15.3. The summed E-state index contributed by atoms with van der Waals surface area (Å²) in [5.41, 5.74) is 2.74. The summed E-state index contributed by atoms with van der Waals surface area (Å²) in [6.07, 6.45) is 6.38. The summed E-state index contributed by atoms with van der Waals surface area (Å²) >= 11 is 0. The van der Waals surface area contributed by atoms with E-state index in [1.165, 1.54) is 34.5 Å². The van der Waals surface area contributed by atoms with Gasteiger partial charge in [0, 0.05) is 5.56 Å². The van der Waals surface area contributed by atoms with E-state index in [1.807, 2.05) is 30.3 Å². The molecule has 0 saturated heterocycles. The van der Waals surface area contributed by atoms with Gasteiger partial charge in [0.2, 0.25) is 11.5 Å². The summed E-state index contributed by atoms with van der Waals surface area (Å²) < 4.78 is 59.6. The van der Waals surface area contributed by atoms with E-state index >= 15 is 0 Å². The summed E-state index contributed by atoms with van der Waals surface area (Å²) in [5, 5.41) is 0. The molecule has 1 aliphatic rings. The third-order valence-electron chi connectivity index (χ3n) is 6.53. The van der Waals surface area contributed by atoms with E-state index in [2.05, 4.69) is 13.2 Å². The normalized spacial score (nSPS) is 13.9. The number of hydrogen-bond donors (Lipinski definition) is 0. The third-order valence-corrected chi connectivity index (χ3v) is 7.84. The van der Waals surface area contributed by atoms with Gasteiger partial charge in [-0.15, -0.1) is 0 Å². The highest BCUT2D eigenvalue weighted by atomic mass is 31.2. The largest absolute Gasteiger partial charge is 0.530 e. The quantitative estimate of drug-likeness (QED) is 0.127. The second-order valence-electron chi connectivity index (χ2n) is 9.52. The van der Waals surface area contributed by atoms with Gasteiger partial charge in [-0.05, 0) is 46.5 Å².